The molecule has 0 heterocycles. The normalized spacial score (nSPS) is 26.2. The summed E-state index contributed by atoms with van der Waals surface area (Å²) in [4.78, 5) is 10.8. The Morgan fingerprint density at radius 3 is 2.48 bits per heavy atom. The molecule has 0 bridgehead atoms. The van der Waals surface area contributed by atoms with Crippen LogP contribution in [0, 0.1) is 11.8 Å². The molecule has 0 aromatic rings. The van der Waals surface area contributed by atoms with Crippen molar-refractivity contribution in [2.45, 2.75) is 95.7 Å². The van der Waals surface area contributed by atoms with Crippen LogP contribution in [0.15, 0.2) is 12.2 Å². The third-order valence-corrected chi connectivity index (χ3v) is 5.59. The van der Waals surface area contributed by atoms with Crippen molar-refractivity contribution in [1.82, 2.24) is 0 Å². The molecule has 0 aromatic heterocycles. The lowest BCUT2D eigenvalue weighted by Gasteiger charge is -2.25. The van der Waals surface area contributed by atoms with E-state index in [1.165, 1.54) is 19.3 Å². The molecule has 1 saturated carbocycles. The molecular weight excluding hydrogens is 316 g/mol. The van der Waals surface area contributed by atoms with E-state index in [9.17, 15) is 15.0 Å². The van der Waals surface area contributed by atoms with E-state index in [4.69, 9.17) is 5.11 Å². The number of aliphatic hydroxyl groups excluding tert-OH is 2. The summed E-state index contributed by atoms with van der Waals surface area (Å²) < 4.78 is 0. The maximum atomic E-state index is 10.8. The molecule has 4 nitrogen and oxygen atoms in total. The Balaban J connectivity index is 2.43. The molecule has 1 fully saturated rings. The van der Waals surface area contributed by atoms with Crippen LogP contribution in [-0.4, -0.2) is 39.9 Å². The predicted octanol–water partition coefficient (Wildman–Crippen LogP) is 3.77. The molecule has 4 heteroatoms. The van der Waals surface area contributed by atoms with E-state index in [2.05, 4.69) is 6.08 Å². The summed E-state index contributed by atoms with van der Waals surface area (Å²) >= 11 is 0. The standard InChI is InChI=1S/C21H38O4/c1-2-13-21(25,15-17-23)14-8-10-19-18(11-12-20(19)24)9-6-4-3-5-7-16-22/h8,10,17-20,22,24-25H,2-7,9,11-16H2,1H3/t18-,19+,20+,21?/m0/s1. The number of unbranched alkanes of at least 4 members (excludes halogenated alkanes) is 4. The Kier molecular flexibility index (Phi) is 11.3. The fourth-order valence-corrected chi connectivity index (χ4v) is 4.11. The Bertz CT molecular complexity index is 382. The van der Waals surface area contributed by atoms with E-state index >= 15 is 0 Å². The minimum Gasteiger partial charge on any atom is -0.396 e. The Morgan fingerprint density at radius 2 is 1.80 bits per heavy atom. The second kappa shape index (κ2) is 12.6. The predicted molar refractivity (Wildman–Crippen MR) is 101 cm³/mol. The highest BCUT2D eigenvalue weighted by atomic mass is 16.3. The topological polar surface area (TPSA) is 77.8 Å². The summed E-state index contributed by atoms with van der Waals surface area (Å²) in [5.74, 6) is 0.703. The van der Waals surface area contributed by atoms with Gasteiger partial charge >= 0.3 is 0 Å². The smallest absolute Gasteiger partial charge is 0.122 e. The zero-order valence-corrected chi connectivity index (χ0v) is 15.9. The van der Waals surface area contributed by atoms with Crippen LogP contribution in [0.25, 0.3) is 0 Å². The number of carbonyl (C=O) groups is 1. The van der Waals surface area contributed by atoms with Crippen LogP contribution in [-0.2, 0) is 4.79 Å². The average molecular weight is 355 g/mol. The van der Waals surface area contributed by atoms with E-state index < -0.39 is 5.60 Å². The minimum absolute atomic E-state index is 0.176. The summed E-state index contributed by atoms with van der Waals surface area (Å²) in [5, 5.41) is 29.6. The lowest BCUT2D eigenvalue weighted by Crippen LogP contribution is -2.28. The second-order valence-corrected chi connectivity index (χ2v) is 7.74. The molecule has 4 atom stereocenters. The fourth-order valence-electron chi connectivity index (χ4n) is 4.11. The van der Waals surface area contributed by atoms with Crippen LogP contribution < -0.4 is 0 Å². The van der Waals surface area contributed by atoms with Gasteiger partial charge in [-0.25, -0.2) is 0 Å². The van der Waals surface area contributed by atoms with E-state index in [0.29, 0.717) is 18.8 Å². The summed E-state index contributed by atoms with van der Waals surface area (Å²) in [7, 11) is 0. The van der Waals surface area contributed by atoms with Crippen LogP contribution in [0.3, 0.4) is 0 Å². The molecule has 1 aliphatic carbocycles. The summed E-state index contributed by atoms with van der Waals surface area (Å²) in [6, 6.07) is 0. The second-order valence-electron chi connectivity index (χ2n) is 7.74. The van der Waals surface area contributed by atoms with Gasteiger partial charge in [-0.05, 0) is 44.4 Å². The first kappa shape index (κ1) is 22.3. The van der Waals surface area contributed by atoms with Gasteiger partial charge < -0.3 is 20.1 Å². The van der Waals surface area contributed by atoms with Gasteiger partial charge in [-0.15, -0.1) is 0 Å². The van der Waals surface area contributed by atoms with Gasteiger partial charge in [0.2, 0.25) is 0 Å². The Morgan fingerprint density at radius 1 is 1.08 bits per heavy atom. The Hall–Kier alpha value is -0.710. The van der Waals surface area contributed by atoms with E-state index in [1.54, 1.807) is 0 Å². The minimum atomic E-state index is -0.932. The lowest BCUT2D eigenvalue weighted by molar-refractivity contribution is -0.112. The van der Waals surface area contributed by atoms with Gasteiger partial charge in [0.1, 0.15) is 6.29 Å². The van der Waals surface area contributed by atoms with Crippen molar-refractivity contribution < 1.29 is 20.1 Å². The zero-order valence-electron chi connectivity index (χ0n) is 15.9. The molecule has 0 aliphatic heterocycles. The number of aldehydes is 1. The highest BCUT2D eigenvalue weighted by molar-refractivity contribution is 5.51. The third kappa shape index (κ3) is 8.48. The first-order valence-electron chi connectivity index (χ1n) is 10.2. The van der Waals surface area contributed by atoms with Gasteiger partial charge in [-0.2, -0.15) is 0 Å². The van der Waals surface area contributed by atoms with Gasteiger partial charge in [-0.3, -0.25) is 0 Å². The van der Waals surface area contributed by atoms with Crippen LogP contribution in [0.1, 0.15) is 84.0 Å². The molecule has 25 heavy (non-hydrogen) atoms. The zero-order chi connectivity index (χ0) is 18.5. The summed E-state index contributed by atoms with van der Waals surface area (Å²) in [6.07, 6.45) is 15.3. The number of hydrogen-bond donors (Lipinski definition) is 3. The maximum Gasteiger partial charge on any atom is 0.122 e. The number of carbonyl (C=O) groups excluding carboxylic acids is 1. The van der Waals surface area contributed by atoms with Crippen molar-refractivity contribution in [3.63, 3.8) is 0 Å². The van der Waals surface area contributed by atoms with E-state index in [1.807, 2.05) is 13.0 Å². The molecule has 0 radical (unpaired) electrons. The largest absolute Gasteiger partial charge is 0.396 e. The Labute approximate surface area is 153 Å². The molecule has 0 saturated heterocycles. The van der Waals surface area contributed by atoms with Gasteiger partial charge in [0.25, 0.3) is 0 Å². The first-order valence-corrected chi connectivity index (χ1v) is 10.2. The number of rotatable bonds is 14. The van der Waals surface area contributed by atoms with Crippen LogP contribution in [0.4, 0.5) is 0 Å². The first-order chi connectivity index (χ1) is 12.1. The molecule has 3 N–H and O–H groups in total. The SMILES string of the molecule is CCCC(O)(CC=O)CC=C[C@@H]1[C@@H](CCCCCCCO)CC[C@H]1O. The van der Waals surface area contributed by atoms with Crippen LogP contribution >= 0.6 is 0 Å². The van der Waals surface area contributed by atoms with E-state index in [0.717, 1.165) is 44.8 Å². The maximum absolute atomic E-state index is 10.8. The number of hydrogen-bond acceptors (Lipinski definition) is 4. The molecular formula is C21H38O4. The van der Waals surface area contributed by atoms with Crippen molar-refractivity contribution in [3.05, 3.63) is 12.2 Å². The van der Waals surface area contributed by atoms with Crippen LogP contribution in [0.2, 0.25) is 0 Å². The molecule has 1 rings (SSSR count). The number of aliphatic hydroxyl groups is 3. The molecule has 0 aromatic carbocycles. The molecule has 0 amide bonds. The molecule has 1 aliphatic rings. The van der Waals surface area contributed by atoms with E-state index in [-0.39, 0.29) is 25.0 Å². The van der Waals surface area contributed by atoms with Crippen molar-refractivity contribution in [2.75, 3.05) is 6.61 Å². The summed E-state index contributed by atoms with van der Waals surface area (Å²) in [5.41, 5.74) is -0.932. The van der Waals surface area contributed by atoms with Gasteiger partial charge in [0.15, 0.2) is 0 Å². The van der Waals surface area contributed by atoms with Crippen LogP contribution in [0.5, 0.6) is 0 Å². The highest BCUT2D eigenvalue weighted by Gasteiger charge is 2.32. The molecule has 1 unspecified atom stereocenters. The van der Waals surface area contributed by atoms with Gasteiger partial charge in [-0.1, -0.05) is 51.2 Å². The van der Waals surface area contributed by atoms with Crippen molar-refractivity contribution in [1.29, 1.82) is 0 Å². The lowest BCUT2D eigenvalue weighted by atomic mass is 9.87. The van der Waals surface area contributed by atoms with Gasteiger partial charge in [0.05, 0.1) is 11.7 Å². The quantitative estimate of drug-likeness (QED) is 0.252. The van der Waals surface area contributed by atoms with Crippen molar-refractivity contribution in [2.24, 2.45) is 11.8 Å². The van der Waals surface area contributed by atoms with Crippen molar-refractivity contribution in [3.8, 4) is 0 Å². The monoisotopic (exact) mass is 354 g/mol. The van der Waals surface area contributed by atoms with Crippen molar-refractivity contribution >= 4 is 6.29 Å². The molecule has 146 valence electrons. The third-order valence-electron chi connectivity index (χ3n) is 5.59. The van der Waals surface area contributed by atoms with Gasteiger partial charge in [0, 0.05) is 18.9 Å². The summed E-state index contributed by atoms with van der Waals surface area (Å²) in [6.45, 7) is 2.30. The fraction of sp³-hybridized carbons (Fsp3) is 0.857. The molecule has 0 spiro atoms. The average Bonchev–Trinajstić information content (AvgIpc) is 2.92. The highest BCUT2D eigenvalue weighted by Crippen LogP contribution is 2.37.